The van der Waals surface area contributed by atoms with Crippen LogP contribution in [0.3, 0.4) is 0 Å². The van der Waals surface area contributed by atoms with Crippen LogP contribution in [0.5, 0.6) is 0 Å². The van der Waals surface area contributed by atoms with Gasteiger partial charge >= 0.3 is 6.03 Å². The fourth-order valence-electron chi connectivity index (χ4n) is 11.2. The molecule has 21 nitrogen and oxygen atoms in total. The van der Waals surface area contributed by atoms with Crippen molar-refractivity contribution in [3.05, 3.63) is 88.0 Å². The summed E-state index contributed by atoms with van der Waals surface area (Å²) < 4.78 is 48.4. The van der Waals surface area contributed by atoms with E-state index in [1.54, 1.807) is 61.8 Å². The number of anilines is 1. The number of amides is 6. The highest BCUT2D eigenvalue weighted by Crippen LogP contribution is 2.43. The van der Waals surface area contributed by atoms with Crippen LogP contribution in [0, 0.1) is 12.3 Å². The number of alkyl halides is 2. The van der Waals surface area contributed by atoms with E-state index in [0.717, 1.165) is 63.5 Å². The molecule has 0 aliphatic carbocycles. The minimum Gasteiger partial charge on any atom is -0.391 e. The van der Waals surface area contributed by atoms with E-state index in [9.17, 15) is 29.1 Å². The van der Waals surface area contributed by atoms with Gasteiger partial charge in [-0.15, -0.1) is 11.3 Å². The number of aryl methyl sites for hydroxylation is 2. The third-order valence-corrected chi connectivity index (χ3v) is 16.4. The van der Waals surface area contributed by atoms with Gasteiger partial charge < -0.3 is 60.3 Å². The molecule has 9 rings (SSSR count). The Labute approximate surface area is 468 Å². The number of nitrogens with zero attached hydrogens (tertiary/aromatic N) is 7. The average molecular weight is 1130 g/mol. The third-order valence-electron chi connectivity index (χ3n) is 15.4. The first-order valence-electron chi connectivity index (χ1n) is 27.5. The molecule has 24 heteroatoms. The molecule has 4 atom stereocenters. The van der Waals surface area contributed by atoms with Gasteiger partial charge in [0.25, 0.3) is 6.43 Å². The Hall–Kier alpha value is -6.57. The van der Waals surface area contributed by atoms with Gasteiger partial charge in [0.1, 0.15) is 31.4 Å². The molecule has 3 unspecified atom stereocenters. The van der Waals surface area contributed by atoms with Crippen molar-refractivity contribution in [1.29, 1.82) is 0 Å². The van der Waals surface area contributed by atoms with Gasteiger partial charge in [-0.05, 0) is 72.4 Å². The van der Waals surface area contributed by atoms with Gasteiger partial charge in [0.05, 0.1) is 48.2 Å². The number of β-amino-alcohol motifs (C(OH)–C–C–N with tert-alkyl or cyclic N) is 1. The first kappa shape index (κ1) is 58.1. The normalized spacial score (nSPS) is 20.0. The molecule has 0 bridgehead atoms. The van der Waals surface area contributed by atoms with Gasteiger partial charge in [0.15, 0.2) is 0 Å². The zero-order valence-corrected chi connectivity index (χ0v) is 46.9. The van der Waals surface area contributed by atoms with Gasteiger partial charge in [-0.25, -0.2) is 24.0 Å². The number of likely N-dealkylation sites (tertiary alicyclic amines) is 1. The van der Waals surface area contributed by atoms with Crippen LogP contribution in [0.4, 0.5) is 19.3 Å². The Kier molecular flexibility index (Phi) is 18.8. The predicted octanol–water partition coefficient (Wildman–Crippen LogP) is 4.26. The second kappa shape index (κ2) is 25.9. The van der Waals surface area contributed by atoms with Gasteiger partial charge in [-0.1, -0.05) is 45.0 Å². The molecular formula is C56H74F2N12O9S. The smallest absolute Gasteiger partial charge is 0.317 e. The topological polar surface area (TPSA) is 237 Å². The van der Waals surface area contributed by atoms with Crippen LogP contribution < -0.4 is 31.6 Å². The molecule has 2 aromatic carbocycles. The highest BCUT2D eigenvalue weighted by Gasteiger charge is 2.45. The lowest BCUT2D eigenvalue weighted by Crippen LogP contribution is -2.58. The number of thiazole rings is 1. The maximum atomic E-state index is 15.1. The van der Waals surface area contributed by atoms with Crippen LogP contribution in [-0.4, -0.2) is 174 Å². The lowest BCUT2D eigenvalue weighted by atomic mass is 9.85. The summed E-state index contributed by atoms with van der Waals surface area (Å²) in [7, 11) is 1.62. The average Bonchev–Trinajstić information content (AvgIpc) is 4.29. The molecule has 0 saturated carbocycles. The lowest BCUT2D eigenvalue weighted by molar-refractivity contribution is -0.144. The van der Waals surface area contributed by atoms with E-state index in [2.05, 4.69) is 46.7 Å². The number of aromatic nitrogens is 3. The van der Waals surface area contributed by atoms with Crippen molar-refractivity contribution in [1.82, 2.24) is 56.3 Å². The van der Waals surface area contributed by atoms with E-state index >= 15 is 8.78 Å². The Morgan fingerprint density at radius 3 is 2.48 bits per heavy atom. The van der Waals surface area contributed by atoms with E-state index < -0.39 is 47.7 Å². The number of nitrogens with one attached hydrogen (secondary N) is 5. The number of hydrogen-bond acceptors (Lipinski definition) is 15. The van der Waals surface area contributed by atoms with Crippen molar-refractivity contribution in [3.8, 4) is 21.6 Å². The molecule has 5 aliphatic heterocycles. The fourth-order valence-corrected chi connectivity index (χ4v) is 12.1. The number of fused-ring (bicyclic) bond motifs is 1. The van der Waals surface area contributed by atoms with Gasteiger partial charge in [-0.3, -0.25) is 23.9 Å². The second-order valence-electron chi connectivity index (χ2n) is 22.0. The first-order chi connectivity index (χ1) is 38.5. The molecule has 6 N–H and O–H groups in total. The van der Waals surface area contributed by atoms with Crippen molar-refractivity contribution in [2.75, 3.05) is 84.3 Å². The number of benzene rings is 2. The van der Waals surface area contributed by atoms with Crippen molar-refractivity contribution < 1.29 is 52.1 Å². The molecular weight excluding hydrogens is 1050 g/mol. The summed E-state index contributed by atoms with van der Waals surface area (Å²) in [5.74, 6) is -1.80. The summed E-state index contributed by atoms with van der Waals surface area (Å²) in [5, 5.41) is 28.4. The number of carbonyl (C=O) groups excluding carboxylic acids is 5. The van der Waals surface area contributed by atoms with E-state index in [0.29, 0.717) is 56.8 Å². The van der Waals surface area contributed by atoms with Crippen LogP contribution in [-0.2, 0) is 52.9 Å². The number of ether oxygens (including phenoxy) is 3. The largest absolute Gasteiger partial charge is 0.391 e. The number of aliphatic hydroxyl groups excluding tert-OH is 1. The second-order valence-corrected chi connectivity index (χ2v) is 22.9. The molecule has 2 saturated heterocycles. The number of hydrogen-bond donors (Lipinski definition) is 6. The maximum absolute atomic E-state index is 15.1. The minimum atomic E-state index is -2.79. The molecule has 0 spiro atoms. The van der Waals surface area contributed by atoms with E-state index in [1.807, 2.05) is 37.3 Å². The molecule has 2 fully saturated rings. The third kappa shape index (κ3) is 13.6. The summed E-state index contributed by atoms with van der Waals surface area (Å²) in [4.78, 5) is 77.1. The van der Waals surface area contributed by atoms with Crippen molar-refractivity contribution in [3.63, 3.8) is 0 Å². The van der Waals surface area contributed by atoms with Gasteiger partial charge in [0, 0.05) is 113 Å². The van der Waals surface area contributed by atoms with Gasteiger partial charge in [0.2, 0.25) is 23.6 Å². The molecule has 80 heavy (non-hydrogen) atoms. The molecule has 6 amide bonds. The summed E-state index contributed by atoms with van der Waals surface area (Å²) >= 11 is 1.56. The lowest BCUT2D eigenvalue weighted by Gasteiger charge is -2.40. The van der Waals surface area contributed by atoms with Crippen molar-refractivity contribution in [2.24, 2.45) is 5.41 Å². The summed E-state index contributed by atoms with van der Waals surface area (Å²) in [5.41, 5.74) is 12.2. The number of hydrazine groups is 1. The zero-order valence-electron chi connectivity index (χ0n) is 46.1. The summed E-state index contributed by atoms with van der Waals surface area (Å²) in [6.45, 7) is 10.4. The number of carbonyl (C=O) groups is 5. The van der Waals surface area contributed by atoms with Crippen LogP contribution in [0.2, 0.25) is 0 Å². The highest BCUT2D eigenvalue weighted by atomic mass is 32.1. The Balaban J connectivity index is 0.713. The molecule has 0 radical (unpaired) electrons. The number of aliphatic hydroxyl groups is 1. The zero-order chi connectivity index (χ0) is 56.7. The Morgan fingerprint density at radius 2 is 1.75 bits per heavy atom. The van der Waals surface area contributed by atoms with E-state index in [-0.39, 0.29) is 88.7 Å². The van der Waals surface area contributed by atoms with Crippen LogP contribution >= 0.6 is 11.3 Å². The van der Waals surface area contributed by atoms with Crippen LogP contribution in [0.25, 0.3) is 21.6 Å². The summed E-state index contributed by atoms with van der Waals surface area (Å²) in [6.07, 6.45) is 3.02. The number of rotatable bonds is 20. The Bertz CT molecular complexity index is 2890. The van der Waals surface area contributed by atoms with Gasteiger partial charge in [-0.2, -0.15) is 5.10 Å². The number of urea groups is 1. The quantitative estimate of drug-likeness (QED) is 0.0679. The van der Waals surface area contributed by atoms with E-state index in [1.165, 1.54) is 15.8 Å². The van der Waals surface area contributed by atoms with Crippen LogP contribution in [0.15, 0.2) is 65.6 Å². The fraction of sp³-hybridized carbons (Fsp3) is 0.554. The monoisotopic (exact) mass is 1130 g/mol. The van der Waals surface area contributed by atoms with Crippen molar-refractivity contribution >= 4 is 46.7 Å². The van der Waals surface area contributed by atoms with Crippen molar-refractivity contribution in [2.45, 2.75) is 116 Å². The highest BCUT2D eigenvalue weighted by molar-refractivity contribution is 7.13. The molecule has 4 aromatic rings. The molecule has 7 heterocycles. The molecule has 5 aliphatic rings. The minimum absolute atomic E-state index is 0.0463. The number of halogens is 2. The standard InChI is InChI=1S/C56H74F2N12O9S/c1-34-49(80-33-62-34)36-10-8-35(9-11-36)26-61-53(74)46-24-40(71)29-69(46)54(75)50(56(2,3)4)64-48(73)32-79-22-21-78-20-15-60-47(72)31-67-28-38(27-63-67)41-23-37-7-6-16-68(45(37)25-42(41)51(57)58)52-43-30-66(55(76)59-5)17-12-44(43)70(65-52)39-13-18-77-19-14-39/h8-11,23,25,27-28,33,39-40,46,50-52,65,71H,6-7,12-22,24,26,29-32H2,1-5H3,(H,59,76)(H,60,72)(H,61,74)(H,64,73)/t40?,46?,50-,52?/m1/s1. The molecule has 432 valence electrons. The molecule has 2 aromatic heterocycles. The van der Waals surface area contributed by atoms with E-state index in [4.69, 9.17) is 14.2 Å². The maximum Gasteiger partial charge on any atom is 0.317 e. The summed E-state index contributed by atoms with van der Waals surface area (Å²) in [6, 6.07) is 9.33. The van der Waals surface area contributed by atoms with Crippen LogP contribution in [0.1, 0.15) is 81.7 Å². The Morgan fingerprint density at radius 1 is 0.975 bits per heavy atom. The predicted molar refractivity (Wildman–Crippen MR) is 295 cm³/mol. The first-order valence-corrected chi connectivity index (χ1v) is 28.4. The SMILES string of the molecule is CNC(=O)N1CCC2=C(C1)C(N1CCCc3cc(-c4cnn(CC(=O)NCCOCCOCC(=O)N[C@H](C(=O)N5CC(O)CC5C(=O)NCc5ccc(-c6scnc6C)cc5)C(C)(C)C)c4)c(C(F)F)cc31)NN2C1CCOCC1.